The minimum absolute atomic E-state index is 0.166. The first-order chi connectivity index (χ1) is 14.6. The number of benzene rings is 2. The van der Waals surface area contributed by atoms with Crippen LogP contribution < -0.4 is 10.1 Å². The van der Waals surface area contributed by atoms with Crippen molar-refractivity contribution < 1.29 is 4.74 Å². The highest BCUT2D eigenvalue weighted by Gasteiger charge is 2.14. The number of rotatable bonds is 6. The molecule has 0 spiro atoms. The molecule has 0 aliphatic heterocycles. The SMILES string of the molecule is Cc1nc(-c2ccccc2)c(Oc2ccnc(Nc3cccc(C(C)C#N)c3)c2)s1. The lowest BCUT2D eigenvalue weighted by molar-refractivity contribution is 0.496. The van der Waals surface area contributed by atoms with Gasteiger partial charge in [0, 0.05) is 23.5 Å². The van der Waals surface area contributed by atoms with Gasteiger partial charge in [-0.05, 0) is 37.6 Å². The molecule has 5 nitrogen and oxygen atoms in total. The fraction of sp³-hybridized carbons (Fsp3) is 0.125. The van der Waals surface area contributed by atoms with E-state index in [1.807, 2.05) is 80.6 Å². The Morgan fingerprint density at radius 1 is 1.07 bits per heavy atom. The minimum Gasteiger partial charge on any atom is -0.444 e. The van der Waals surface area contributed by atoms with Gasteiger partial charge in [-0.15, -0.1) is 0 Å². The predicted octanol–water partition coefficient (Wildman–Crippen LogP) is 6.68. The van der Waals surface area contributed by atoms with Crippen LogP contribution in [0.5, 0.6) is 10.8 Å². The van der Waals surface area contributed by atoms with E-state index in [1.54, 1.807) is 6.20 Å². The van der Waals surface area contributed by atoms with Gasteiger partial charge < -0.3 is 10.1 Å². The number of hydrogen-bond acceptors (Lipinski definition) is 6. The fourth-order valence-electron chi connectivity index (χ4n) is 3.01. The van der Waals surface area contributed by atoms with Crippen molar-refractivity contribution >= 4 is 22.8 Å². The predicted molar refractivity (Wildman–Crippen MR) is 120 cm³/mol. The number of hydrogen-bond donors (Lipinski definition) is 1. The molecule has 2 aromatic heterocycles. The number of thiazole rings is 1. The molecule has 0 radical (unpaired) electrons. The van der Waals surface area contributed by atoms with E-state index >= 15 is 0 Å². The first-order valence-corrected chi connectivity index (χ1v) is 10.4. The average molecular weight is 413 g/mol. The smallest absolute Gasteiger partial charge is 0.208 e. The molecule has 0 aliphatic rings. The second-order valence-electron chi connectivity index (χ2n) is 6.82. The molecule has 0 fully saturated rings. The zero-order chi connectivity index (χ0) is 20.9. The van der Waals surface area contributed by atoms with Gasteiger partial charge >= 0.3 is 0 Å². The Labute approximate surface area is 179 Å². The summed E-state index contributed by atoms with van der Waals surface area (Å²) in [5, 5.41) is 14.1. The van der Waals surface area contributed by atoms with Crippen molar-refractivity contribution in [3.63, 3.8) is 0 Å². The molecule has 1 N–H and O–H groups in total. The molecule has 30 heavy (non-hydrogen) atoms. The first kappa shape index (κ1) is 19.6. The van der Waals surface area contributed by atoms with E-state index in [2.05, 4.69) is 21.4 Å². The van der Waals surface area contributed by atoms with E-state index in [0.717, 1.165) is 32.6 Å². The molecule has 1 atom stereocenters. The van der Waals surface area contributed by atoms with Crippen molar-refractivity contribution in [1.29, 1.82) is 5.26 Å². The highest BCUT2D eigenvalue weighted by molar-refractivity contribution is 7.13. The summed E-state index contributed by atoms with van der Waals surface area (Å²) < 4.78 is 6.18. The fourth-order valence-corrected chi connectivity index (χ4v) is 3.82. The third-order valence-corrected chi connectivity index (χ3v) is 5.39. The third-order valence-electron chi connectivity index (χ3n) is 4.54. The van der Waals surface area contributed by atoms with Crippen molar-refractivity contribution in [3.05, 3.63) is 83.5 Å². The maximum Gasteiger partial charge on any atom is 0.208 e. The number of nitrogens with zero attached hydrogens (tertiary/aromatic N) is 3. The van der Waals surface area contributed by atoms with Crippen molar-refractivity contribution in [1.82, 2.24) is 9.97 Å². The summed E-state index contributed by atoms with van der Waals surface area (Å²) >= 11 is 1.52. The van der Waals surface area contributed by atoms with Crippen LogP contribution in [0.4, 0.5) is 11.5 Å². The zero-order valence-corrected chi connectivity index (χ0v) is 17.5. The highest BCUT2D eigenvalue weighted by Crippen LogP contribution is 2.38. The molecule has 0 saturated heterocycles. The quantitative estimate of drug-likeness (QED) is 0.383. The van der Waals surface area contributed by atoms with Crippen LogP contribution in [0.3, 0.4) is 0 Å². The first-order valence-electron chi connectivity index (χ1n) is 9.56. The van der Waals surface area contributed by atoms with E-state index < -0.39 is 0 Å². The third kappa shape index (κ3) is 4.48. The lowest BCUT2D eigenvalue weighted by atomic mass is 10.0. The second kappa shape index (κ2) is 8.76. The Kier molecular flexibility index (Phi) is 5.73. The van der Waals surface area contributed by atoms with Crippen molar-refractivity contribution in [2.45, 2.75) is 19.8 Å². The van der Waals surface area contributed by atoms with Gasteiger partial charge in [0.1, 0.15) is 17.3 Å². The molecular formula is C24H20N4OS. The van der Waals surface area contributed by atoms with Crippen LogP contribution in [0.25, 0.3) is 11.3 Å². The summed E-state index contributed by atoms with van der Waals surface area (Å²) in [6.07, 6.45) is 1.70. The van der Waals surface area contributed by atoms with Crippen LogP contribution in [0.2, 0.25) is 0 Å². The summed E-state index contributed by atoms with van der Waals surface area (Å²) in [5.41, 5.74) is 3.69. The van der Waals surface area contributed by atoms with Gasteiger partial charge in [0.25, 0.3) is 0 Å². The number of anilines is 2. The standard InChI is InChI=1S/C24H20N4OS/c1-16(15-25)19-9-6-10-20(13-19)28-22-14-21(11-12-26-22)29-24-23(27-17(2)30-24)18-7-4-3-5-8-18/h3-14,16H,1-2H3,(H,26,28). The Morgan fingerprint density at radius 3 is 2.70 bits per heavy atom. The van der Waals surface area contributed by atoms with Gasteiger partial charge in [0.15, 0.2) is 0 Å². The Balaban J connectivity index is 1.56. The average Bonchev–Trinajstić information content (AvgIpc) is 3.14. The number of pyridine rings is 1. The van der Waals surface area contributed by atoms with Gasteiger partial charge in [-0.3, -0.25) is 0 Å². The van der Waals surface area contributed by atoms with Crippen molar-refractivity contribution in [2.75, 3.05) is 5.32 Å². The van der Waals surface area contributed by atoms with Crippen molar-refractivity contribution in [3.8, 4) is 28.1 Å². The van der Waals surface area contributed by atoms with E-state index in [0.29, 0.717) is 11.6 Å². The molecule has 0 saturated carbocycles. The summed E-state index contributed by atoms with van der Waals surface area (Å²) in [6.45, 7) is 3.85. The molecule has 0 bridgehead atoms. The summed E-state index contributed by atoms with van der Waals surface area (Å²) in [4.78, 5) is 9.03. The Hall–Kier alpha value is -3.69. The molecule has 0 amide bonds. The molecule has 1 unspecified atom stereocenters. The molecule has 6 heteroatoms. The van der Waals surface area contributed by atoms with E-state index in [-0.39, 0.29) is 5.92 Å². The van der Waals surface area contributed by atoms with E-state index in [4.69, 9.17) is 10.00 Å². The second-order valence-corrected chi connectivity index (χ2v) is 7.98. The maximum atomic E-state index is 9.15. The van der Waals surface area contributed by atoms with Crippen LogP contribution in [0.15, 0.2) is 72.9 Å². The molecule has 0 aliphatic carbocycles. The molecule has 148 valence electrons. The van der Waals surface area contributed by atoms with Crippen LogP contribution in [-0.4, -0.2) is 9.97 Å². The van der Waals surface area contributed by atoms with Gasteiger partial charge in [-0.25, -0.2) is 9.97 Å². The topological polar surface area (TPSA) is 70.8 Å². The van der Waals surface area contributed by atoms with Crippen LogP contribution in [0, 0.1) is 18.3 Å². The zero-order valence-electron chi connectivity index (χ0n) is 16.7. The number of ether oxygens (including phenoxy) is 1. The van der Waals surface area contributed by atoms with Crippen LogP contribution >= 0.6 is 11.3 Å². The summed E-state index contributed by atoms with van der Waals surface area (Å²) in [7, 11) is 0. The molecule has 2 heterocycles. The highest BCUT2D eigenvalue weighted by atomic mass is 32.1. The minimum atomic E-state index is -0.166. The summed E-state index contributed by atoms with van der Waals surface area (Å²) in [6, 6.07) is 23.7. The van der Waals surface area contributed by atoms with Gasteiger partial charge in [0.05, 0.1) is 17.0 Å². The van der Waals surface area contributed by atoms with Crippen LogP contribution in [-0.2, 0) is 0 Å². The number of aryl methyl sites for hydroxylation is 1. The monoisotopic (exact) mass is 412 g/mol. The largest absolute Gasteiger partial charge is 0.444 e. The number of aromatic nitrogens is 2. The normalized spacial score (nSPS) is 11.5. The lowest BCUT2D eigenvalue weighted by Crippen LogP contribution is -1.96. The van der Waals surface area contributed by atoms with Gasteiger partial charge in [-0.2, -0.15) is 5.26 Å². The van der Waals surface area contributed by atoms with Gasteiger partial charge in [-0.1, -0.05) is 53.8 Å². The van der Waals surface area contributed by atoms with Gasteiger partial charge in [0.2, 0.25) is 5.06 Å². The van der Waals surface area contributed by atoms with Crippen LogP contribution in [0.1, 0.15) is 23.4 Å². The molecule has 2 aromatic carbocycles. The number of nitriles is 1. The molecule has 4 aromatic rings. The lowest BCUT2D eigenvalue weighted by Gasteiger charge is -2.10. The Bertz CT molecular complexity index is 1200. The van der Waals surface area contributed by atoms with E-state index in [9.17, 15) is 0 Å². The molecular weight excluding hydrogens is 392 g/mol. The summed E-state index contributed by atoms with van der Waals surface area (Å²) in [5.74, 6) is 1.17. The van der Waals surface area contributed by atoms with E-state index in [1.165, 1.54) is 11.3 Å². The molecule has 4 rings (SSSR count). The maximum absolute atomic E-state index is 9.15. The Morgan fingerprint density at radius 2 is 1.90 bits per heavy atom. The van der Waals surface area contributed by atoms with Crippen molar-refractivity contribution in [2.24, 2.45) is 0 Å². The number of nitrogens with one attached hydrogen (secondary N) is 1.